The van der Waals surface area contributed by atoms with Crippen LogP contribution in [0.1, 0.15) is 26.2 Å². The van der Waals surface area contributed by atoms with E-state index < -0.39 is 10.4 Å². The minimum Gasteiger partial charge on any atom is -0.377 e. The van der Waals surface area contributed by atoms with E-state index in [-0.39, 0.29) is 0 Å². The van der Waals surface area contributed by atoms with Gasteiger partial charge in [0, 0.05) is 6.61 Å². The third kappa shape index (κ3) is 66.7. The van der Waals surface area contributed by atoms with Crippen LogP contribution in [0.4, 0.5) is 0 Å². The average Bonchev–Trinajstić information content (AvgIpc) is 3.02. The van der Waals surface area contributed by atoms with Gasteiger partial charge in [-0.15, -0.1) is 6.58 Å². The normalized spacial score (nSPS) is 12.6. The van der Waals surface area contributed by atoms with E-state index in [1.54, 1.807) is 6.08 Å². The lowest BCUT2D eigenvalue weighted by molar-refractivity contribution is 0.158. The van der Waals surface area contributed by atoms with Gasteiger partial charge in [0.2, 0.25) is 0 Å². The fourth-order valence-corrected chi connectivity index (χ4v) is 0.621. The van der Waals surface area contributed by atoms with Gasteiger partial charge in [0.25, 0.3) is 0 Å². The van der Waals surface area contributed by atoms with E-state index in [0.717, 1.165) is 19.8 Å². The molecule has 17 heavy (non-hydrogen) atoms. The molecular weight excluding hydrogens is 248 g/mol. The third-order valence-corrected chi connectivity index (χ3v) is 1.33. The second kappa shape index (κ2) is 13.6. The highest BCUT2D eigenvalue weighted by atomic mass is 32.3. The summed E-state index contributed by atoms with van der Waals surface area (Å²) in [7, 11) is -4.67. The zero-order valence-electron chi connectivity index (χ0n) is 10.2. The third-order valence-electron chi connectivity index (χ3n) is 1.33. The smallest absolute Gasteiger partial charge is 0.377 e. The predicted octanol–water partition coefficient (Wildman–Crippen LogP) is 1.74. The molecule has 0 unspecified atom stereocenters. The Labute approximate surface area is 103 Å². The van der Waals surface area contributed by atoms with E-state index in [1.807, 2.05) is 0 Å². The number of hydrogen-bond donors (Lipinski definition) is 2. The van der Waals surface area contributed by atoms with Crippen molar-refractivity contribution in [3.8, 4) is 0 Å². The Morgan fingerprint density at radius 2 is 1.82 bits per heavy atom. The van der Waals surface area contributed by atoms with Crippen molar-refractivity contribution in [1.82, 2.24) is 0 Å². The molecule has 0 saturated carbocycles. The zero-order chi connectivity index (χ0) is 13.6. The molecule has 0 radical (unpaired) electrons. The Bertz CT molecular complexity index is 237. The summed E-state index contributed by atoms with van der Waals surface area (Å²) in [6.07, 6.45) is 5.50. The molecule has 104 valence electrons. The van der Waals surface area contributed by atoms with Gasteiger partial charge in [-0.3, -0.25) is 9.11 Å². The quantitative estimate of drug-likeness (QED) is 0.330. The molecular formula is C10H22O6S. The van der Waals surface area contributed by atoms with Gasteiger partial charge in [-0.25, -0.2) is 0 Å². The SMILES string of the molecule is C1CO1.C=CCOCCCCC.O=S(=O)(O)O. The maximum atomic E-state index is 8.74. The number of rotatable bonds is 6. The molecule has 1 heterocycles. The Hall–Kier alpha value is -0.470. The summed E-state index contributed by atoms with van der Waals surface area (Å²) in [5.41, 5.74) is 0. The van der Waals surface area contributed by atoms with E-state index in [2.05, 4.69) is 18.2 Å². The van der Waals surface area contributed by atoms with Gasteiger partial charge in [-0.2, -0.15) is 8.42 Å². The minimum atomic E-state index is -4.67. The van der Waals surface area contributed by atoms with Crippen molar-refractivity contribution < 1.29 is 27.0 Å². The summed E-state index contributed by atoms with van der Waals surface area (Å²) in [4.78, 5) is 0. The maximum absolute atomic E-state index is 8.74. The molecule has 0 atom stereocenters. The van der Waals surface area contributed by atoms with Crippen LogP contribution in [0.3, 0.4) is 0 Å². The molecule has 0 aromatic carbocycles. The average molecular weight is 270 g/mol. The summed E-state index contributed by atoms with van der Waals surface area (Å²) in [6.45, 7) is 9.33. The minimum absolute atomic E-state index is 0.698. The summed E-state index contributed by atoms with van der Waals surface area (Å²) >= 11 is 0. The van der Waals surface area contributed by atoms with Gasteiger partial charge in [-0.05, 0) is 6.42 Å². The van der Waals surface area contributed by atoms with Crippen LogP contribution in [0.5, 0.6) is 0 Å². The molecule has 0 aromatic rings. The standard InChI is InChI=1S/C8H16O.C2H4O.H2O4S/c1-3-5-6-8-9-7-4-2;1-2-3-1;1-5(2,3)4/h4H,2-3,5-8H2,1H3;1-2H2;(H2,1,2,3,4). The predicted molar refractivity (Wildman–Crippen MR) is 65.5 cm³/mol. The molecule has 2 N–H and O–H groups in total. The first kappa shape index (κ1) is 18.9. The topological polar surface area (TPSA) is 96.4 Å². The van der Waals surface area contributed by atoms with Crippen molar-refractivity contribution in [3.05, 3.63) is 12.7 Å². The number of ether oxygens (including phenoxy) is 2. The van der Waals surface area contributed by atoms with Crippen molar-refractivity contribution >= 4 is 10.4 Å². The molecule has 1 aliphatic heterocycles. The highest BCUT2D eigenvalue weighted by Crippen LogP contribution is 1.93. The van der Waals surface area contributed by atoms with E-state index in [0.29, 0.717) is 6.61 Å². The van der Waals surface area contributed by atoms with Crippen LogP contribution in [-0.4, -0.2) is 44.0 Å². The van der Waals surface area contributed by atoms with Gasteiger partial charge >= 0.3 is 10.4 Å². The Morgan fingerprint density at radius 3 is 2.12 bits per heavy atom. The van der Waals surface area contributed by atoms with Crippen molar-refractivity contribution in [2.24, 2.45) is 0 Å². The first-order valence-corrected chi connectivity index (χ1v) is 6.77. The van der Waals surface area contributed by atoms with Gasteiger partial charge in [0.1, 0.15) is 0 Å². The number of epoxide rings is 1. The highest BCUT2D eigenvalue weighted by Gasteiger charge is 1.94. The first-order chi connectivity index (χ1) is 7.91. The molecule has 1 rings (SSSR count). The molecule has 0 aromatic heterocycles. The second-order valence-corrected chi connectivity index (χ2v) is 4.03. The summed E-state index contributed by atoms with van der Waals surface area (Å²) in [5.74, 6) is 0. The summed E-state index contributed by atoms with van der Waals surface area (Å²) in [6, 6.07) is 0. The number of hydrogen-bond acceptors (Lipinski definition) is 4. The lowest BCUT2D eigenvalue weighted by atomic mass is 10.3. The van der Waals surface area contributed by atoms with Gasteiger partial charge in [0.15, 0.2) is 0 Å². The molecule has 1 fully saturated rings. The summed E-state index contributed by atoms with van der Waals surface area (Å²) < 4.78 is 41.3. The zero-order valence-corrected chi connectivity index (χ0v) is 11.0. The molecule has 0 spiro atoms. The lowest BCUT2D eigenvalue weighted by Gasteiger charge is -1.97. The molecule has 0 amide bonds. The molecule has 1 aliphatic rings. The fourth-order valence-electron chi connectivity index (χ4n) is 0.621. The van der Waals surface area contributed by atoms with Gasteiger partial charge in [0.05, 0.1) is 19.8 Å². The maximum Gasteiger partial charge on any atom is 0.394 e. The molecule has 1 saturated heterocycles. The van der Waals surface area contributed by atoms with E-state index in [1.165, 1.54) is 19.3 Å². The van der Waals surface area contributed by atoms with Crippen LogP contribution in [-0.2, 0) is 19.9 Å². The first-order valence-electron chi connectivity index (χ1n) is 5.38. The van der Waals surface area contributed by atoms with Crippen LogP contribution in [0, 0.1) is 0 Å². The lowest BCUT2D eigenvalue weighted by Crippen LogP contribution is -1.92. The highest BCUT2D eigenvalue weighted by molar-refractivity contribution is 7.79. The van der Waals surface area contributed by atoms with Crippen LogP contribution < -0.4 is 0 Å². The fraction of sp³-hybridized carbons (Fsp3) is 0.800. The van der Waals surface area contributed by atoms with Crippen molar-refractivity contribution in [3.63, 3.8) is 0 Å². The van der Waals surface area contributed by atoms with E-state index in [4.69, 9.17) is 22.3 Å². The van der Waals surface area contributed by atoms with E-state index >= 15 is 0 Å². The van der Waals surface area contributed by atoms with Crippen molar-refractivity contribution in [2.45, 2.75) is 26.2 Å². The van der Waals surface area contributed by atoms with E-state index in [9.17, 15) is 0 Å². The van der Waals surface area contributed by atoms with Crippen LogP contribution in [0.2, 0.25) is 0 Å². The Kier molecular flexibility index (Phi) is 15.1. The largest absolute Gasteiger partial charge is 0.394 e. The number of unbranched alkanes of at least 4 members (excludes halogenated alkanes) is 2. The van der Waals surface area contributed by atoms with Crippen molar-refractivity contribution in [1.29, 1.82) is 0 Å². The summed E-state index contributed by atoms with van der Waals surface area (Å²) in [5, 5.41) is 0. The molecule has 0 aliphatic carbocycles. The van der Waals surface area contributed by atoms with Gasteiger partial charge < -0.3 is 9.47 Å². The van der Waals surface area contributed by atoms with Crippen LogP contribution >= 0.6 is 0 Å². The van der Waals surface area contributed by atoms with Gasteiger partial charge in [-0.1, -0.05) is 25.8 Å². The van der Waals surface area contributed by atoms with Crippen LogP contribution in [0.25, 0.3) is 0 Å². The molecule has 7 heteroatoms. The Balaban J connectivity index is 0. The molecule has 0 bridgehead atoms. The molecule has 6 nitrogen and oxygen atoms in total. The monoisotopic (exact) mass is 270 g/mol. The van der Waals surface area contributed by atoms with Crippen LogP contribution in [0.15, 0.2) is 12.7 Å². The Morgan fingerprint density at radius 1 is 1.35 bits per heavy atom. The van der Waals surface area contributed by atoms with Crippen molar-refractivity contribution in [2.75, 3.05) is 26.4 Å². The second-order valence-electron chi connectivity index (χ2n) is 3.13.